The molecule has 0 aliphatic carbocycles. The first-order valence-corrected chi connectivity index (χ1v) is 16.8. The lowest BCUT2D eigenvalue weighted by atomic mass is 9.97. The van der Waals surface area contributed by atoms with Crippen LogP contribution in [0.25, 0.3) is 11.0 Å². The smallest absolute Gasteiger partial charge is 0.287 e. The Morgan fingerprint density at radius 1 is 1.00 bits per heavy atom. The highest BCUT2D eigenvalue weighted by molar-refractivity contribution is 6.30. The SMILES string of the molecule is CCCOc1ccc2oc(C(=O)N[C@H](C=C3CCN(c4ccccc4CN4CCCC4=O)CC3)Cc3ccc(Cl)cc3)cc(=O)c2c1. The summed E-state index contributed by atoms with van der Waals surface area (Å²) in [7, 11) is 0. The lowest BCUT2D eigenvalue weighted by molar-refractivity contribution is -0.128. The van der Waals surface area contributed by atoms with Gasteiger partial charge in [0.15, 0.2) is 11.2 Å². The van der Waals surface area contributed by atoms with Crippen LogP contribution in [-0.2, 0) is 17.8 Å². The Morgan fingerprint density at radius 3 is 2.53 bits per heavy atom. The molecule has 3 heterocycles. The molecule has 2 aliphatic rings. The third-order valence-electron chi connectivity index (χ3n) is 8.79. The number of likely N-dealkylation sites (tertiary alicyclic amines) is 1. The van der Waals surface area contributed by atoms with Gasteiger partial charge in [0.05, 0.1) is 18.0 Å². The zero-order chi connectivity index (χ0) is 32.8. The predicted octanol–water partition coefficient (Wildman–Crippen LogP) is 6.93. The first kappa shape index (κ1) is 32.4. The van der Waals surface area contributed by atoms with Crippen LogP contribution in [0.3, 0.4) is 0 Å². The van der Waals surface area contributed by atoms with Crippen LogP contribution in [0.15, 0.2) is 93.7 Å². The molecule has 0 unspecified atom stereocenters. The Morgan fingerprint density at radius 2 is 1.79 bits per heavy atom. The van der Waals surface area contributed by atoms with Gasteiger partial charge in [0.25, 0.3) is 5.91 Å². The lowest BCUT2D eigenvalue weighted by Crippen LogP contribution is -2.37. The Bertz CT molecular complexity index is 1820. The second kappa shape index (κ2) is 14.9. The molecular formula is C38H40ClN3O5. The average molecular weight is 654 g/mol. The van der Waals surface area contributed by atoms with Crippen molar-refractivity contribution < 1.29 is 18.7 Å². The van der Waals surface area contributed by atoms with Crippen molar-refractivity contribution >= 4 is 40.1 Å². The van der Waals surface area contributed by atoms with Crippen LogP contribution in [0, 0.1) is 0 Å². The van der Waals surface area contributed by atoms with Gasteiger partial charge in [-0.1, -0.05) is 60.5 Å². The van der Waals surface area contributed by atoms with E-state index >= 15 is 0 Å². The fraction of sp³-hybridized carbons (Fsp3) is 0.342. The molecule has 0 bridgehead atoms. The molecule has 2 aliphatic heterocycles. The summed E-state index contributed by atoms with van der Waals surface area (Å²) in [5.74, 6) is 0.336. The van der Waals surface area contributed by atoms with Gasteiger partial charge >= 0.3 is 0 Å². The summed E-state index contributed by atoms with van der Waals surface area (Å²) >= 11 is 6.14. The fourth-order valence-electron chi connectivity index (χ4n) is 6.34. The van der Waals surface area contributed by atoms with Gasteiger partial charge in [0, 0.05) is 49.4 Å². The van der Waals surface area contributed by atoms with Crippen LogP contribution >= 0.6 is 11.6 Å². The van der Waals surface area contributed by atoms with Crippen LogP contribution in [0.1, 0.15) is 60.7 Å². The maximum atomic E-state index is 13.5. The lowest BCUT2D eigenvalue weighted by Gasteiger charge is -2.33. The van der Waals surface area contributed by atoms with Gasteiger partial charge in [-0.25, -0.2) is 0 Å². The van der Waals surface area contributed by atoms with E-state index in [2.05, 4.69) is 34.5 Å². The van der Waals surface area contributed by atoms with Crippen molar-refractivity contribution in [3.05, 3.63) is 117 Å². The van der Waals surface area contributed by atoms with E-state index in [9.17, 15) is 14.4 Å². The molecule has 2 amide bonds. The quantitative estimate of drug-likeness (QED) is 0.177. The van der Waals surface area contributed by atoms with Gasteiger partial charge in [0.1, 0.15) is 11.3 Å². The first-order chi connectivity index (χ1) is 22.9. The molecule has 1 atom stereocenters. The molecule has 2 saturated heterocycles. The van der Waals surface area contributed by atoms with E-state index in [1.807, 2.05) is 42.2 Å². The number of para-hydroxylation sites is 1. The standard InChI is InChI=1S/C38H40ClN3O5/c1-2-20-46-31-13-14-35-32(23-31)34(43)24-36(47-35)38(45)40-30(21-26-9-11-29(39)12-10-26)22-27-15-18-41(19-16-27)33-7-4-3-6-28(33)25-42-17-5-8-37(42)44/h3-4,6-7,9-14,22-24,30H,2,5,8,15-21,25H2,1H3,(H,40,45)/t30-/m0/s1. The summed E-state index contributed by atoms with van der Waals surface area (Å²) in [5, 5.41) is 4.13. The van der Waals surface area contributed by atoms with E-state index < -0.39 is 5.91 Å². The number of amides is 2. The number of halogens is 1. The number of nitrogens with one attached hydrogen (secondary N) is 1. The van der Waals surface area contributed by atoms with Crippen LogP contribution < -0.4 is 20.4 Å². The van der Waals surface area contributed by atoms with Crippen molar-refractivity contribution in [1.82, 2.24) is 10.2 Å². The average Bonchev–Trinajstić information content (AvgIpc) is 3.49. The van der Waals surface area contributed by atoms with Gasteiger partial charge in [-0.3, -0.25) is 14.4 Å². The third kappa shape index (κ3) is 8.06. The Labute approximate surface area is 280 Å². The first-order valence-electron chi connectivity index (χ1n) is 16.4. The van der Waals surface area contributed by atoms with E-state index in [4.69, 9.17) is 20.8 Å². The second-order valence-electron chi connectivity index (χ2n) is 12.3. The van der Waals surface area contributed by atoms with E-state index in [-0.39, 0.29) is 23.1 Å². The molecule has 2 fully saturated rings. The van der Waals surface area contributed by atoms with Crippen molar-refractivity contribution in [3.8, 4) is 5.75 Å². The molecule has 1 aromatic heterocycles. The minimum Gasteiger partial charge on any atom is -0.494 e. The van der Waals surface area contributed by atoms with Gasteiger partial charge < -0.3 is 24.3 Å². The Hall–Kier alpha value is -4.56. The van der Waals surface area contributed by atoms with Crippen molar-refractivity contribution in [2.75, 3.05) is 31.1 Å². The minimum atomic E-state index is -0.450. The van der Waals surface area contributed by atoms with E-state index in [1.165, 1.54) is 22.9 Å². The highest BCUT2D eigenvalue weighted by atomic mass is 35.5. The number of rotatable bonds is 11. The molecule has 6 rings (SSSR count). The number of carbonyl (C=O) groups is 2. The zero-order valence-electron chi connectivity index (χ0n) is 26.7. The van der Waals surface area contributed by atoms with E-state index in [0.717, 1.165) is 50.9 Å². The van der Waals surface area contributed by atoms with E-state index in [1.54, 1.807) is 18.2 Å². The number of ether oxygens (including phenoxy) is 1. The third-order valence-corrected chi connectivity index (χ3v) is 9.04. The maximum absolute atomic E-state index is 13.5. The molecule has 0 saturated carbocycles. The summed E-state index contributed by atoms with van der Waals surface area (Å²) in [6.45, 7) is 5.69. The molecular weight excluding hydrogens is 614 g/mol. The monoisotopic (exact) mass is 653 g/mol. The topological polar surface area (TPSA) is 92.1 Å². The van der Waals surface area contributed by atoms with Gasteiger partial charge in [-0.05, 0) is 79.6 Å². The molecule has 47 heavy (non-hydrogen) atoms. The largest absolute Gasteiger partial charge is 0.494 e. The number of fused-ring (bicyclic) bond motifs is 1. The van der Waals surface area contributed by atoms with Crippen LogP contribution in [0.5, 0.6) is 5.75 Å². The zero-order valence-corrected chi connectivity index (χ0v) is 27.4. The normalized spacial score (nSPS) is 15.6. The molecule has 0 spiro atoms. The van der Waals surface area contributed by atoms with Crippen molar-refractivity contribution in [1.29, 1.82) is 0 Å². The van der Waals surface area contributed by atoms with Crippen LogP contribution in [-0.4, -0.2) is 49.0 Å². The summed E-state index contributed by atoms with van der Waals surface area (Å²) in [6.07, 6.45) is 6.81. The summed E-state index contributed by atoms with van der Waals surface area (Å²) in [5.41, 5.74) is 4.66. The highest BCUT2D eigenvalue weighted by Crippen LogP contribution is 2.29. The molecule has 3 aromatic carbocycles. The molecule has 8 nitrogen and oxygen atoms in total. The maximum Gasteiger partial charge on any atom is 0.287 e. The number of anilines is 1. The molecule has 4 aromatic rings. The van der Waals surface area contributed by atoms with Gasteiger partial charge in [-0.15, -0.1) is 0 Å². The van der Waals surface area contributed by atoms with Crippen molar-refractivity contribution in [2.24, 2.45) is 0 Å². The van der Waals surface area contributed by atoms with Gasteiger partial charge in [-0.2, -0.15) is 0 Å². The molecule has 1 N–H and O–H groups in total. The predicted molar refractivity (Wildman–Crippen MR) is 185 cm³/mol. The molecule has 244 valence electrons. The Balaban J connectivity index is 1.18. The molecule has 9 heteroatoms. The summed E-state index contributed by atoms with van der Waals surface area (Å²) < 4.78 is 11.6. The fourth-order valence-corrected chi connectivity index (χ4v) is 6.46. The van der Waals surface area contributed by atoms with Crippen LogP contribution in [0.4, 0.5) is 5.69 Å². The van der Waals surface area contributed by atoms with E-state index in [0.29, 0.717) is 47.7 Å². The Kier molecular flexibility index (Phi) is 10.3. The number of benzene rings is 3. The number of hydrogen-bond acceptors (Lipinski definition) is 6. The number of carbonyl (C=O) groups excluding carboxylic acids is 2. The van der Waals surface area contributed by atoms with Crippen LogP contribution in [0.2, 0.25) is 5.02 Å². The second-order valence-corrected chi connectivity index (χ2v) is 12.7. The highest BCUT2D eigenvalue weighted by Gasteiger charge is 2.24. The number of piperidine rings is 1. The minimum absolute atomic E-state index is 0.0351. The number of hydrogen-bond donors (Lipinski definition) is 1. The summed E-state index contributed by atoms with van der Waals surface area (Å²) in [6, 6.07) is 21.9. The molecule has 0 radical (unpaired) electrons. The van der Waals surface area contributed by atoms with Crippen molar-refractivity contribution in [3.63, 3.8) is 0 Å². The number of nitrogens with zero attached hydrogens (tertiary/aromatic N) is 2. The summed E-state index contributed by atoms with van der Waals surface area (Å²) in [4.78, 5) is 43.2. The van der Waals surface area contributed by atoms with Gasteiger partial charge in [0.2, 0.25) is 5.91 Å². The van der Waals surface area contributed by atoms with Crippen molar-refractivity contribution in [2.45, 2.75) is 58.0 Å².